The third-order valence-corrected chi connectivity index (χ3v) is 7.28. The van der Waals surface area contributed by atoms with Gasteiger partial charge >= 0.3 is 0 Å². The number of halogens is 4. The Morgan fingerprint density at radius 1 is 0.724 bits per heavy atom. The molecule has 3 aromatic rings. The number of hydrogen-bond donors (Lipinski definition) is 3. The highest BCUT2D eigenvalue weighted by Gasteiger charge is 2.52. The lowest BCUT2D eigenvalue weighted by Gasteiger charge is -2.34. The van der Waals surface area contributed by atoms with Crippen LogP contribution in [0.25, 0.3) is 0 Å². The maximum Gasteiger partial charge on any atom is 0.283 e. The molecule has 0 radical (unpaired) electrons. The minimum absolute atomic E-state index is 0.0324. The van der Waals surface area contributed by atoms with E-state index in [0.29, 0.717) is 0 Å². The molecule has 0 saturated carbocycles. The minimum atomic E-state index is -5.12. The summed E-state index contributed by atoms with van der Waals surface area (Å²) in [6, 6.07) is 12.6. The van der Waals surface area contributed by atoms with Gasteiger partial charge in [0.1, 0.15) is 10.8 Å². The van der Waals surface area contributed by atoms with E-state index in [9.17, 15) is 23.2 Å². The zero-order chi connectivity index (χ0) is 21.6. The van der Waals surface area contributed by atoms with Crippen molar-refractivity contribution in [1.29, 1.82) is 0 Å². The Morgan fingerprint density at radius 2 is 1.17 bits per heavy atom. The van der Waals surface area contributed by atoms with Crippen molar-refractivity contribution in [1.82, 2.24) is 0 Å². The smallest absolute Gasteiger partial charge is 0.283 e. The fourth-order valence-corrected chi connectivity index (χ4v) is 5.77. The first-order chi connectivity index (χ1) is 13.5. The van der Waals surface area contributed by atoms with Crippen molar-refractivity contribution in [3.8, 4) is 11.5 Å². The van der Waals surface area contributed by atoms with E-state index in [4.69, 9.17) is 46.4 Å². The summed E-state index contributed by atoms with van der Waals surface area (Å²) >= 11 is 24.7. The van der Waals surface area contributed by atoms with E-state index >= 15 is 0 Å². The molecule has 152 valence electrons. The van der Waals surface area contributed by atoms with E-state index in [1.54, 1.807) is 12.1 Å². The summed E-state index contributed by atoms with van der Waals surface area (Å²) in [5.74, 6) is -1.42. The summed E-state index contributed by atoms with van der Waals surface area (Å²) in [4.78, 5) is 0. The van der Waals surface area contributed by atoms with Gasteiger partial charge in [0, 0.05) is 26.7 Å². The van der Waals surface area contributed by atoms with Crippen molar-refractivity contribution in [3.05, 3.63) is 91.4 Å². The Hall–Kier alpha value is -1.67. The molecule has 0 bridgehead atoms. The lowest BCUT2D eigenvalue weighted by molar-refractivity contribution is 0.444. The summed E-state index contributed by atoms with van der Waals surface area (Å²) in [5.41, 5.74) is -0.581. The Labute approximate surface area is 186 Å². The van der Waals surface area contributed by atoms with E-state index in [0.717, 1.165) is 6.07 Å². The quantitative estimate of drug-likeness (QED) is 0.311. The van der Waals surface area contributed by atoms with Gasteiger partial charge in [0.2, 0.25) is 0 Å². The number of phenols is 2. The van der Waals surface area contributed by atoms with Crippen LogP contribution < -0.4 is 0 Å². The van der Waals surface area contributed by atoms with Gasteiger partial charge in [-0.25, -0.2) is 0 Å². The minimum Gasteiger partial charge on any atom is -0.506 e. The van der Waals surface area contributed by atoms with Gasteiger partial charge < -0.3 is 10.2 Å². The van der Waals surface area contributed by atoms with Crippen molar-refractivity contribution in [2.75, 3.05) is 0 Å². The van der Waals surface area contributed by atoms with Crippen molar-refractivity contribution in [3.63, 3.8) is 0 Å². The molecule has 3 aromatic carbocycles. The Bertz CT molecular complexity index is 1170. The van der Waals surface area contributed by atoms with Gasteiger partial charge in [0.15, 0.2) is 10.5 Å². The van der Waals surface area contributed by atoms with Crippen LogP contribution in [0.5, 0.6) is 11.5 Å². The normalized spacial score (nSPS) is 12.2. The average Bonchev–Trinajstić information content (AvgIpc) is 2.66. The first-order valence-corrected chi connectivity index (χ1v) is 10.9. The molecule has 5 nitrogen and oxygen atoms in total. The zero-order valence-electron chi connectivity index (χ0n) is 14.3. The molecule has 29 heavy (non-hydrogen) atoms. The van der Waals surface area contributed by atoms with Crippen molar-refractivity contribution < 1.29 is 23.2 Å². The molecule has 0 aliphatic rings. The number of rotatable bonds is 4. The molecule has 10 heteroatoms. The van der Waals surface area contributed by atoms with Crippen LogP contribution in [0, 0.1) is 0 Å². The number of hydrogen-bond acceptors (Lipinski definition) is 4. The van der Waals surface area contributed by atoms with Gasteiger partial charge in [-0.2, -0.15) is 8.42 Å². The number of aromatic hydroxyl groups is 2. The first kappa shape index (κ1) is 22.0. The summed E-state index contributed by atoms with van der Waals surface area (Å²) in [7, 11) is -5.12. The first-order valence-electron chi connectivity index (χ1n) is 7.91. The molecule has 0 aliphatic heterocycles. The van der Waals surface area contributed by atoms with Crippen molar-refractivity contribution in [2.24, 2.45) is 0 Å². The predicted octanol–water partition coefficient (Wildman–Crippen LogP) is 5.89. The zero-order valence-corrected chi connectivity index (χ0v) is 18.1. The summed E-state index contributed by atoms with van der Waals surface area (Å²) in [5, 5.41) is 19.4. The largest absolute Gasteiger partial charge is 0.506 e. The second kappa shape index (κ2) is 7.87. The molecule has 3 rings (SSSR count). The lowest BCUT2D eigenvalue weighted by atomic mass is 9.83. The molecule has 0 spiro atoms. The number of benzene rings is 3. The van der Waals surface area contributed by atoms with Gasteiger partial charge in [-0.05, 0) is 18.2 Å². The van der Waals surface area contributed by atoms with Crippen LogP contribution >= 0.6 is 46.4 Å². The van der Waals surface area contributed by atoms with Crippen molar-refractivity contribution >= 4 is 56.5 Å². The maximum absolute atomic E-state index is 13.0. The van der Waals surface area contributed by atoms with Crippen LogP contribution in [0.2, 0.25) is 20.1 Å². The van der Waals surface area contributed by atoms with Gasteiger partial charge in [0.25, 0.3) is 10.1 Å². The molecule has 0 heterocycles. The van der Waals surface area contributed by atoms with Crippen LogP contribution in [0.3, 0.4) is 0 Å². The molecule has 0 saturated heterocycles. The van der Waals surface area contributed by atoms with Gasteiger partial charge in [0.05, 0.1) is 5.02 Å². The van der Waals surface area contributed by atoms with E-state index < -0.39 is 36.4 Å². The third kappa shape index (κ3) is 3.44. The third-order valence-electron chi connectivity index (χ3n) is 4.43. The van der Waals surface area contributed by atoms with Crippen LogP contribution in [-0.2, 0) is 14.9 Å². The fraction of sp³-hybridized carbons (Fsp3) is 0.0526. The summed E-state index contributed by atoms with van der Waals surface area (Å²) < 4.78 is 34.0. The maximum atomic E-state index is 13.0. The SMILES string of the molecule is O=S(=O)(O)C(c1ccccc1Cl)(c1ccccc1Cl)c1cc(O)c(Cl)c(O)c1Cl. The summed E-state index contributed by atoms with van der Waals surface area (Å²) in [6.07, 6.45) is 0. The highest BCUT2D eigenvalue weighted by atomic mass is 35.5. The molecular weight excluding hydrogens is 482 g/mol. The Morgan fingerprint density at radius 3 is 1.59 bits per heavy atom. The molecule has 0 unspecified atom stereocenters. The van der Waals surface area contributed by atoms with Crippen LogP contribution in [-0.4, -0.2) is 23.2 Å². The van der Waals surface area contributed by atoms with Gasteiger partial charge in [-0.1, -0.05) is 82.8 Å². The van der Waals surface area contributed by atoms with Gasteiger partial charge in [-0.3, -0.25) is 4.55 Å². The molecule has 3 N–H and O–H groups in total. The standard InChI is InChI=1S/C19H12Cl4O5S/c20-13-7-3-1-5-10(13)19(29(26,27)28,11-6-2-4-8-14(11)21)12-9-15(24)17(23)18(25)16(12)22/h1-9,24-25H,(H,26,27,28). The highest BCUT2D eigenvalue weighted by molar-refractivity contribution is 7.87. The lowest BCUT2D eigenvalue weighted by Crippen LogP contribution is -2.39. The van der Waals surface area contributed by atoms with E-state index in [-0.39, 0.29) is 26.7 Å². The molecule has 0 atom stereocenters. The van der Waals surface area contributed by atoms with Crippen LogP contribution in [0.1, 0.15) is 16.7 Å². The monoisotopic (exact) mass is 492 g/mol. The highest BCUT2D eigenvalue weighted by Crippen LogP contribution is 2.54. The Balaban J connectivity index is 2.67. The van der Waals surface area contributed by atoms with E-state index in [1.807, 2.05) is 0 Å². The fourth-order valence-electron chi connectivity index (χ4n) is 3.21. The molecular formula is C19H12Cl4O5S. The van der Waals surface area contributed by atoms with Gasteiger partial charge in [-0.15, -0.1) is 0 Å². The second-order valence-electron chi connectivity index (χ2n) is 6.04. The summed E-state index contributed by atoms with van der Waals surface area (Å²) in [6.45, 7) is 0. The molecule has 0 aliphatic carbocycles. The van der Waals surface area contributed by atoms with Crippen molar-refractivity contribution in [2.45, 2.75) is 4.75 Å². The van der Waals surface area contributed by atoms with Crippen LogP contribution in [0.15, 0.2) is 54.6 Å². The molecule has 0 fully saturated rings. The molecule has 0 amide bonds. The molecule has 0 aromatic heterocycles. The van der Waals surface area contributed by atoms with E-state index in [1.165, 1.54) is 36.4 Å². The average molecular weight is 494 g/mol. The van der Waals surface area contributed by atoms with E-state index in [2.05, 4.69) is 0 Å². The topological polar surface area (TPSA) is 94.8 Å². The predicted molar refractivity (Wildman–Crippen MR) is 114 cm³/mol. The Kier molecular flexibility index (Phi) is 5.98. The number of phenolic OH excluding ortho intramolecular Hbond substituents is 2. The van der Waals surface area contributed by atoms with Crippen LogP contribution in [0.4, 0.5) is 0 Å². The second-order valence-corrected chi connectivity index (χ2v) is 9.17.